The van der Waals surface area contributed by atoms with Crippen LogP contribution >= 0.6 is 23.2 Å². The lowest BCUT2D eigenvalue weighted by molar-refractivity contribution is -0.125. The topological polar surface area (TPSA) is 86.5 Å². The zero-order valence-corrected chi connectivity index (χ0v) is 16.2. The summed E-state index contributed by atoms with van der Waals surface area (Å²) in [6.45, 7) is 3.30. The van der Waals surface area contributed by atoms with Crippen LogP contribution in [0.5, 0.6) is 0 Å². The van der Waals surface area contributed by atoms with Crippen molar-refractivity contribution in [1.82, 2.24) is 0 Å². The van der Waals surface area contributed by atoms with Crippen molar-refractivity contribution in [2.75, 3.05) is 0 Å². The van der Waals surface area contributed by atoms with Gasteiger partial charge in [0.15, 0.2) is 5.60 Å². The summed E-state index contributed by atoms with van der Waals surface area (Å²) in [5, 5.41) is 5.71. The Morgan fingerprint density at radius 3 is 2.35 bits per heavy atom. The molecule has 0 amide bonds. The van der Waals surface area contributed by atoms with Gasteiger partial charge in [-0.15, -0.1) is 0 Å². The van der Waals surface area contributed by atoms with Crippen LogP contribution < -0.4 is 5.14 Å². The molecule has 2 aromatic carbocycles. The molecule has 0 saturated carbocycles. The predicted octanol–water partition coefficient (Wildman–Crippen LogP) is 3.89. The third kappa shape index (κ3) is 3.38. The molecule has 2 N–H and O–H groups in total. The molecule has 0 radical (unpaired) electrons. The van der Waals surface area contributed by atoms with Gasteiger partial charge in [-0.3, -0.25) is 4.79 Å². The molecule has 2 aromatic rings. The first kappa shape index (κ1) is 18.9. The first-order valence-corrected chi connectivity index (χ1v) is 9.88. The highest BCUT2D eigenvalue weighted by Crippen LogP contribution is 2.43. The molecule has 5 nitrogen and oxygen atoms in total. The van der Waals surface area contributed by atoms with Gasteiger partial charge in [-0.25, -0.2) is 13.6 Å². The summed E-state index contributed by atoms with van der Waals surface area (Å²) in [7, 11) is -3.90. The molecule has 0 aromatic heterocycles. The summed E-state index contributed by atoms with van der Waals surface area (Å²) in [6, 6.07) is 10.8. The molecule has 26 heavy (non-hydrogen) atoms. The summed E-state index contributed by atoms with van der Waals surface area (Å²) in [5.41, 5.74) is 0.236. The number of hydrogen-bond acceptors (Lipinski definition) is 4. The summed E-state index contributed by atoms with van der Waals surface area (Å²) in [4.78, 5) is 12.7. The number of ether oxygens (including phenoxy) is 1. The Morgan fingerprint density at radius 2 is 1.77 bits per heavy atom. The molecule has 136 valence electrons. The minimum absolute atomic E-state index is 0.108. The average molecular weight is 412 g/mol. The van der Waals surface area contributed by atoms with Crippen molar-refractivity contribution in [3.8, 4) is 0 Å². The quantitative estimate of drug-likeness (QED) is 0.829. The molecule has 0 spiro atoms. The zero-order valence-electron chi connectivity index (χ0n) is 13.9. The van der Waals surface area contributed by atoms with E-state index in [4.69, 9.17) is 33.1 Å². The lowest BCUT2D eigenvalue weighted by atomic mass is 9.92. The van der Waals surface area contributed by atoms with Crippen LogP contribution in [0.15, 0.2) is 47.4 Å². The van der Waals surface area contributed by atoms with E-state index in [1.165, 1.54) is 18.2 Å². The van der Waals surface area contributed by atoms with Crippen LogP contribution in [0.4, 0.5) is 0 Å². The van der Waals surface area contributed by atoms with E-state index in [2.05, 4.69) is 0 Å². The number of Topliss-reactive ketones (excluding diaryl/α,β-unsaturated/α-hetero) is 1. The Hall–Kier alpha value is -1.86. The highest BCUT2D eigenvalue weighted by molar-refractivity contribution is 7.89. The second-order valence-electron chi connectivity index (χ2n) is 6.34. The van der Waals surface area contributed by atoms with Crippen molar-refractivity contribution in [2.24, 2.45) is 5.14 Å². The highest BCUT2D eigenvalue weighted by Gasteiger charge is 2.43. The Kier molecular flexibility index (Phi) is 4.65. The van der Waals surface area contributed by atoms with Crippen LogP contribution in [-0.2, 0) is 19.6 Å². The lowest BCUT2D eigenvalue weighted by Gasteiger charge is -2.18. The van der Waals surface area contributed by atoms with Crippen LogP contribution in [0, 0.1) is 0 Å². The third-order valence-electron chi connectivity index (χ3n) is 3.99. The maximum Gasteiger partial charge on any atom is 0.238 e. The molecule has 0 aliphatic carbocycles. The van der Waals surface area contributed by atoms with E-state index in [0.29, 0.717) is 21.7 Å². The van der Waals surface area contributed by atoms with Gasteiger partial charge < -0.3 is 4.74 Å². The number of carbonyl (C=O) groups excluding carboxylic acids is 1. The predicted molar refractivity (Wildman–Crippen MR) is 101 cm³/mol. The number of ketones is 1. The molecular formula is C18H15Cl2NO4S. The van der Waals surface area contributed by atoms with Crippen LogP contribution in [0.1, 0.15) is 25.0 Å². The molecule has 0 fully saturated rings. The van der Waals surface area contributed by atoms with Crippen LogP contribution in [0.25, 0.3) is 11.3 Å². The first-order chi connectivity index (χ1) is 12.0. The number of benzene rings is 2. The highest BCUT2D eigenvalue weighted by atomic mass is 35.5. The number of carbonyl (C=O) groups is 1. The molecule has 8 heteroatoms. The van der Waals surface area contributed by atoms with E-state index < -0.39 is 15.6 Å². The van der Waals surface area contributed by atoms with E-state index in [9.17, 15) is 13.2 Å². The largest absolute Gasteiger partial charge is 0.478 e. The van der Waals surface area contributed by atoms with Gasteiger partial charge in [-0.05, 0) is 49.7 Å². The van der Waals surface area contributed by atoms with E-state index in [1.807, 2.05) is 0 Å². The number of hydrogen-bond donors (Lipinski definition) is 1. The number of sulfonamides is 1. The minimum atomic E-state index is -3.90. The molecule has 0 atom stereocenters. The number of rotatable bonds is 3. The summed E-state index contributed by atoms with van der Waals surface area (Å²) in [6.07, 6.45) is 0. The van der Waals surface area contributed by atoms with Crippen molar-refractivity contribution >= 4 is 50.3 Å². The van der Waals surface area contributed by atoms with Crippen LogP contribution in [0.3, 0.4) is 0 Å². The zero-order chi connectivity index (χ0) is 19.3. The standard InChI is InChI=1S/C18H15Cl2NO4S/c1-18(2)17(22)15(10-4-3-5-11(19)8-10)16(25-18)13-7-6-12(9-14(13)20)26(21,23)24/h3-9H,1-2H3,(H2,21,23,24). The van der Waals surface area contributed by atoms with E-state index >= 15 is 0 Å². The van der Waals surface area contributed by atoms with E-state index in [-0.39, 0.29) is 21.5 Å². The first-order valence-electron chi connectivity index (χ1n) is 7.57. The number of nitrogens with two attached hydrogens (primary N) is 1. The molecule has 0 bridgehead atoms. The van der Waals surface area contributed by atoms with Gasteiger partial charge in [-0.1, -0.05) is 35.3 Å². The number of halogens is 2. The van der Waals surface area contributed by atoms with Gasteiger partial charge >= 0.3 is 0 Å². The Morgan fingerprint density at radius 1 is 1.08 bits per heavy atom. The molecule has 3 rings (SSSR count). The Bertz CT molecular complexity index is 1060. The minimum Gasteiger partial charge on any atom is -0.478 e. The second-order valence-corrected chi connectivity index (χ2v) is 8.75. The van der Waals surface area contributed by atoms with Gasteiger partial charge in [0, 0.05) is 10.6 Å². The van der Waals surface area contributed by atoms with Crippen molar-refractivity contribution in [3.05, 3.63) is 63.6 Å². The molecule has 0 saturated heterocycles. The SMILES string of the molecule is CC1(C)OC(c2ccc(S(N)(=O)=O)cc2Cl)=C(c2cccc(Cl)c2)C1=O. The van der Waals surface area contributed by atoms with E-state index in [0.717, 1.165) is 0 Å². The maximum absolute atomic E-state index is 12.9. The van der Waals surface area contributed by atoms with Crippen molar-refractivity contribution in [2.45, 2.75) is 24.3 Å². The summed E-state index contributed by atoms with van der Waals surface area (Å²) < 4.78 is 28.9. The van der Waals surface area contributed by atoms with Crippen molar-refractivity contribution in [1.29, 1.82) is 0 Å². The van der Waals surface area contributed by atoms with Gasteiger partial charge in [0.05, 0.1) is 15.5 Å². The normalized spacial score (nSPS) is 16.7. The fourth-order valence-electron chi connectivity index (χ4n) is 2.71. The van der Waals surface area contributed by atoms with Gasteiger partial charge in [0.2, 0.25) is 15.8 Å². The molecule has 1 heterocycles. The fraction of sp³-hybridized carbons (Fsp3) is 0.167. The monoisotopic (exact) mass is 411 g/mol. The number of primary sulfonamides is 1. The Labute approximate surface area is 161 Å². The molecule has 0 unspecified atom stereocenters. The fourth-order valence-corrected chi connectivity index (χ4v) is 3.77. The Balaban J connectivity index is 2.24. The van der Waals surface area contributed by atoms with Crippen molar-refractivity contribution in [3.63, 3.8) is 0 Å². The van der Waals surface area contributed by atoms with Crippen LogP contribution in [0.2, 0.25) is 10.0 Å². The van der Waals surface area contributed by atoms with Gasteiger partial charge in [0.1, 0.15) is 5.76 Å². The molecular weight excluding hydrogens is 397 g/mol. The summed E-state index contributed by atoms with van der Waals surface area (Å²) >= 11 is 12.3. The maximum atomic E-state index is 12.9. The van der Waals surface area contributed by atoms with Gasteiger partial charge in [-0.2, -0.15) is 0 Å². The molecule has 1 aliphatic heterocycles. The summed E-state index contributed by atoms with van der Waals surface area (Å²) in [5.74, 6) is 0.0505. The van der Waals surface area contributed by atoms with Crippen molar-refractivity contribution < 1.29 is 17.9 Å². The average Bonchev–Trinajstić information content (AvgIpc) is 2.76. The third-order valence-corrected chi connectivity index (χ3v) is 5.44. The molecule has 1 aliphatic rings. The smallest absolute Gasteiger partial charge is 0.238 e. The van der Waals surface area contributed by atoms with Gasteiger partial charge in [0.25, 0.3) is 0 Å². The van der Waals surface area contributed by atoms with E-state index in [1.54, 1.807) is 38.1 Å². The van der Waals surface area contributed by atoms with Crippen LogP contribution in [-0.4, -0.2) is 19.8 Å². The lowest BCUT2D eigenvalue weighted by Crippen LogP contribution is -2.29. The second kappa shape index (κ2) is 6.39.